The van der Waals surface area contributed by atoms with Crippen LogP contribution in [0, 0.1) is 0 Å². The molecule has 3 heteroatoms. The Balaban J connectivity index is 2.86. The van der Waals surface area contributed by atoms with E-state index in [0.29, 0.717) is 6.04 Å². The SMILES string of the molecule is C=CCC(C)n1cncc1C(C)N. The van der Waals surface area contributed by atoms with Crippen molar-refractivity contribution in [3.63, 3.8) is 0 Å². The fourth-order valence-electron chi connectivity index (χ4n) is 1.39. The summed E-state index contributed by atoms with van der Waals surface area (Å²) in [5, 5.41) is 0. The number of imidazole rings is 1. The van der Waals surface area contributed by atoms with Gasteiger partial charge in [-0.25, -0.2) is 4.98 Å². The van der Waals surface area contributed by atoms with Gasteiger partial charge in [-0.3, -0.25) is 0 Å². The standard InChI is InChI=1S/C10H17N3/c1-4-5-8(2)13-7-12-6-10(13)9(3)11/h4,6-9H,1,5,11H2,2-3H3. The first-order chi connectivity index (χ1) is 6.16. The number of nitrogens with zero attached hydrogens (tertiary/aromatic N) is 2. The van der Waals surface area contributed by atoms with Gasteiger partial charge in [0.2, 0.25) is 0 Å². The molecule has 0 radical (unpaired) electrons. The molecule has 1 aromatic rings. The van der Waals surface area contributed by atoms with Gasteiger partial charge in [0.25, 0.3) is 0 Å². The van der Waals surface area contributed by atoms with Gasteiger partial charge >= 0.3 is 0 Å². The van der Waals surface area contributed by atoms with Crippen molar-refractivity contribution in [2.45, 2.75) is 32.4 Å². The Kier molecular flexibility index (Phi) is 3.25. The summed E-state index contributed by atoms with van der Waals surface area (Å²) >= 11 is 0. The molecule has 0 aliphatic rings. The van der Waals surface area contributed by atoms with Crippen LogP contribution in [-0.4, -0.2) is 9.55 Å². The maximum absolute atomic E-state index is 5.81. The van der Waals surface area contributed by atoms with Crippen LogP contribution in [-0.2, 0) is 0 Å². The first-order valence-corrected chi connectivity index (χ1v) is 4.55. The van der Waals surface area contributed by atoms with Crippen LogP contribution in [0.4, 0.5) is 0 Å². The van der Waals surface area contributed by atoms with Gasteiger partial charge < -0.3 is 10.3 Å². The molecule has 1 heterocycles. The summed E-state index contributed by atoms with van der Waals surface area (Å²) in [7, 11) is 0. The van der Waals surface area contributed by atoms with Crippen molar-refractivity contribution in [2.75, 3.05) is 0 Å². The lowest BCUT2D eigenvalue weighted by atomic mass is 10.2. The zero-order valence-corrected chi connectivity index (χ0v) is 8.27. The topological polar surface area (TPSA) is 43.8 Å². The number of rotatable bonds is 4. The highest BCUT2D eigenvalue weighted by Crippen LogP contribution is 2.17. The largest absolute Gasteiger partial charge is 0.330 e. The minimum Gasteiger partial charge on any atom is -0.330 e. The molecule has 0 aromatic carbocycles. The van der Waals surface area contributed by atoms with E-state index in [4.69, 9.17) is 5.73 Å². The summed E-state index contributed by atoms with van der Waals surface area (Å²) in [5.41, 5.74) is 6.88. The van der Waals surface area contributed by atoms with Crippen molar-refractivity contribution < 1.29 is 0 Å². The Morgan fingerprint density at radius 1 is 1.69 bits per heavy atom. The highest BCUT2D eigenvalue weighted by atomic mass is 15.1. The lowest BCUT2D eigenvalue weighted by molar-refractivity contribution is 0.518. The van der Waals surface area contributed by atoms with E-state index in [0.717, 1.165) is 12.1 Å². The monoisotopic (exact) mass is 179 g/mol. The minimum atomic E-state index is 0.0368. The van der Waals surface area contributed by atoms with Gasteiger partial charge in [0, 0.05) is 18.3 Å². The van der Waals surface area contributed by atoms with Crippen LogP contribution in [0.15, 0.2) is 25.2 Å². The molecule has 2 unspecified atom stereocenters. The highest BCUT2D eigenvalue weighted by molar-refractivity contribution is 5.04. The third-order valence-corrected chi connectivity index (χ3v) is 2.15. The van der Waals surface area contributed by atoms with E-state index in [-0.39, 0.29) is 6.04 Å². The molecule has 0 amide bonds. The number of hydrogen-bond acceptors (Lipinski definition) is 2. The van der Waals surface area contributed by atoms with Gasteiger partial charge in [0.05, 0.1) is 12.0 Å². The van der Waals surface area contributed by atoms with Crippen molar-refractivity contribution in [3.05, 3.63) is 30.9 Å². The predicted octanol–water partition coefficient (Wildman–Crippen LogP) is 2.04. The Morgan fingerprint density at radius 3 is 2.92 bits per heavy atom. The molecule has 0 aliphatic heterocycles. The van der Waals surface area contributed by atoms with Gasteiger partial charge in [0.15, 0.2) is 0 Å². The summed E-state index contributed by atoms with van der Waals surface area (Å²) in [6, 6.07) is 0.427. The summed E-state index contributed by atoms with van der Waals surface area (Å²) in [6.07, 6.45) is 6.50. The molecule has 0 aliphatic carbocycles. The third kappa shape index (κ3) is 2.18. The Hall–Kier alpha value is -1.09. The summed E-state index contributed by atoms with van der Waals surface area (Å²) in [6.45, 7) is 7.82. The number of hydrogen-bond donors (Lipinski definition) is 1. The van der Waals surface area contributed by atoms with E-state index < -0.39 is 0 Å². The first-order valence-electron chi connectivity index (χ1n) is 4.55. The van der Waals surface area contributed by atoms with Crippen molar-refractivity contribution in [1.29, 1.82) is 0 Å². The number of aromatic nitrogens is 2. The molecule has 1 aromatic heterocycles. The summed E-state index contributed by atoms with van der Waals surface area (Å²) in [4.78, 5) is 4.10. The molecule has 13 heavy (non-hydrogen) atoms. The Labute approximate surface area is 79.3 Å². The molecule has 0 saturated heterocycles. The molecular weight excluding hydrogens is 162 g/mol. The van der Waals surface area contributed by atoms with Crippen molar-refractivity contribution in [3.8, 4) is 0 Å². The van der Waals surface area contributed by atoms with Crippen molar-refractivity contribution in [1.82, 2.24) is 9.55 Å². The molecule has 0 saturated carbocycles. The fraction of sp³-hybridized carbons (Fsp3) is 0.500. The maximum atomic E-state index is 5.81. The summed E-state index contributed by atoms with van der Waals surface area (Å²) in [5.74, 6) is 0. The molecule has 0 spiro atoms. The number of nitrogens with two attached hydrogens (primary N) is 1. The quantitative estimate of drug-likeness (QED) is 0.719. The predicted molar refractivity (Wildman–Crippen MR) is 54.4 cm³/mol. The lowest BCUT2D eigenvalue weighted by Crippen LogP contribution is -2.14. The average Bonchev–Trinajstić information content (AvgIpc) is 2.52. The van der Waals surface area contributed by atoms with Crippen LogP contribution in [0.25, 0.3) is 0 Å². The fourth-order valence-corrected chi connectivity index (χ4v) is 1.39. The second kappa shape index (κ2) is 4.23. The second-order valence-corrected chi connectivity index (χ2v) is 3.39. The van der Waals surface area contributed by atoms with Gasteiger partial charge in [-0.15, -0.1) is 6.58 Å². The Morgan fingerprint density at radius 2 is 2.38 bits per heavy atom. The van der Waals surface area contributed by atoms with Crippen LogP contribution in [0.3, 0.4) is 0 Å². The second-order valence-electron chi connectivity index (χ2n) is 3.39. The van der Waals surface area contributed by atoms with E-state index in [9.17, 15) is 0 Å². The zero-order valence-electron chi connectivity index (χ0n) is 8.27. The average molecular weight is 179 g/mol. The van der Waals surface area contributed by atoms with E-state index in [1.165, 1.54) is 0 Å². The van der Waals surface area contributed by atoms with Crippen LogP contribution in [0.2, 0.25) is 0 Å². The van der Waals surface area contributed by atoms with Crippen LogP contribution >= 0.6 is 0 Å². The molecule has 2 N–H and O–H groups in total. The lowest BCUT2D eigenvalue weighted by Gasteiger charge is -2.16. The van der Waals surface area contributed by atoms with Gasteiger partial charge in [-0.2, -0.15) is 0 Å². The van der Waals surface area contributed by atoms with Crippen molar-refractivity contribution in [2.24, 2.45) is 5.73 Å². The highest BCUT2D eigenvalue weighted by Gasteiger charge is 2.10. The van der Waals surface area contributed by atoms with E-state index in [1.54, 1.807) is 0 Å². The maximum Gasteiger partial charge on any atom is 0.0951 e. The van der Waals surface area contributed by atoms with Gasteiger partial charge in [-0.1, -0.05) is 6.08 Å². The smallest absolute Gasteiger partial charge is 0.0951 e. The van der Waals surface area contributed by atoms with Crippen LogP contribution in [0.1, 0.15) is 38.0 Å². The number of allylic oxidation sites excluding steroid dienone is 1. The van der Waals surface area contributed by atoms with Crippen LogP contribution in [0.5, 0.6) is 0 Å². The van der Waals surface area contributed by atoms with Gasteiger partial charge in [-0.05, 0) is 20.3 Å². The normalized spacial score (nSPS) is 15.3. The zero-order chi connectivity index (χ0) is 9.84. The molecule has 2 atom stereocenters. The molecule has 1 rings (SSSR count). The Bertz CT molecular complexity index is 275. The van der Waals surface area contributed by atoms with Crippen molar-refractivity contribution >= 4 is 0 Å². The molecular formula is C10H17N3. The van der Waals surface area contributed by atoms with E-state index >= 15 is 0 Å². The first kappa shape index (κ1) is 9.99. The molecule has 0 fully saturated rings. The molecule has 72 valence electrons. The van der Waals surface area contributed by atoms with Crippen LogP contribution < -0.4 is 5.73 Å². The van der Waals surface area contributed by atoms with Gasteiger partial charge in [0.1, 0.15) is 0 Å². The summed E-state index contributed by atoms with van der Waals surface area (Å²) < 4.78 is 2.10. The third-order valence-electron chi connectivity index (χ3n) is 2.15. The van der Waals surface area contributed by atoms with E-state index in [2.05, 4.69) is 23.1 Å². The minimum absolute atomic E-state index is 0.0368. The molecule has 0 bridgehead atoms. The molecule has 3 nitrogen and oxygen atoms in total. The van der Waals surface area contributed by atoms with E-state index in [1.807, 2.05) is 25.5 Å².